The van der Waals surface area contributed by atoms with E-state index in [9.17, 15) is 4.79 Å². The van der Waals surface area contributed by atoms with E-state index in [0.29, 0.717) is 22.3 Å². The van der Waals surface area contributed by atoms with Crippen molar-refractivity contribution >= 4 is 22.5 Å². The Labute approximate surface area is 139 Å². The van der Waals surface area contributed by atoms with Crippen LogP contribution < -0.4 is 5.73 Å². The van der Waals surface area contributed by atoms with E-state index in [-0.39, 0.29) is 5.78 Å². The van der Waals surface area contributed by atoms with Gasteiger partial charge in [-0.1, -0.05) is 48.5 Å². The van der Waals surface area contributed by atoms with Crippen LogP contribution in [0.3, 0.4) is 0 Å². The lowest BCUT2D eigenvalue weighted by molar-refractivity contribution is 0.104. The van der Waals surface area contributed by atoms with Crippen molar-refractivity contribution in [1.29, 1.82) is 0 Å². The number of imidazole rings is 1. The molecule has 0 unspecified atom stereocenters. The van der Waals surface area contributed by atoms with Gasteiger partial charge in [-0.2, -0.15) is 0 Å². The Kier molecular flexibility index (Phi) is 3.35. The second-order valence-corrected chi connectivity index (χ2v) is 5.54. The van der Waals surface area contributed by atoms with Crippen molar-refractivity contribution in [2.75, 3.05) is 5.73 Å². The summed E-state index contributed by atoms with van der Waals surface area (Å²) in [6.45, 7) is 0. The van der Waals surface area contributed by atoms with Crippen LogP contribution in [-0.4, -0.2) is 15.3 Å². The number of fused-ring (bicyclic) bond motifs is 1. The standard InChI is InChI=1S/C20H15N3O/c21-16-11-12-17-19(18(16)20(24)14-7-3-1-4-8-14)22-13-23(17)15-9-5-2-6-10-15/h1-13H,21H2. The number of hydrogen-bond donors (Lipinski definition) is 1. The number of hydrogen-bond acceptors (Lipinski definition) is 3. The van der Waals surface area contributed by atoms with Gasteiger partial charge in [-0.05, 0) is 24.3 Å². The van der Waals surface area contributed by atoms with Crippen LogP contribution in [0.15, 0.2) is 79.1 Å². The summed E-state index contributed by atoms with van der Waals surface area (Å²) in [5.74, 6) is -0.114. The number of rotatable bonds is 3. The summed E-state index contributed by atoms with van der Waals surface area (Å²) in [5.41, 5.74) is 10.1. The zero-order chi connectivity index (χ0) is 16.5. The van der Waals surface area contributed by atoms with E-state index in [2.05, 4.69) is 4.98 Å². The van der Waals surface area contributed by atoms with Crippen molar-refractivity contribution in [2.24, 2.45) is 0 Å². The average Bonchev–Trinajstić information content (AvgIpc) is 3.06. The minimum atomic E-state index is -0.114. The number of carbonyl (C=O) groups excluding carboxylic acids is 1. The van der Waals surface area contributed by atoms with E-state index in [1.54, 1.807) is 24.5 Å². The lowest BCUT2D eigenvalue weighted by atomic mass is 10.0. The molecule has 0 saturated carbocycles. The molecule has 3 aromatic carbocycles. The van der Waals surface area contributed by atoms with Gasteiger partial charge in [0.05, 0.1) is 11.1 Å². The average molecular weight is 313 g/mol. The van der Waals surface area contributed by atoms with Gasteiger partial charge in [-0.3, -0.25) is 9.36 Å². The minimum absolute atomic E-state index is 0.114. The molecule has 0 spiro atoms. The Morgan fingerprint density at radius 2 is 1.54 bits per heavy atom. The molecule has 0 aliphatic carbocycles. The van der Waals surface area contributed by atoms with Crippen molar-refractivity contribution in [1.82, 2.24) is 9.55 Å². The van der Waals surface area contributed by atoms with Crippen LogP contribution in [0.2, 0.25) is 0 Å². The van der Waals surface area contributed by atoms with E-state index in [4.69, 9.17) is 5.73 Å². The molecule has 0 aliphatic rings. The van der Waals surface area contributed by atoms with E-state index >= 15 is 0 Å². The molecule has 116 valence electrons. The Hall–Kier alpha value is -3.40. The van der Waals surface area contributed by atoms with Crippen LogP contribution in [0.4, 0.5) is 5.69 Å². The molecule has 4 nitrogen and oxygen atoms in total. The predicted octanol–water partition coefficient (Wildman–Crippen LogP) is 3.84. The van der Waals surface area contributed by atoms with Crippen molar-refractivity contribution in [2.45, 2.75) is 0 Å². The highest BCUT2D eigenvalue weighted by Crippen LogP contribution is 2.27. The Balaban J connectivity index is 1.92. The molecule has 0 amide bonds. The first-order valence-corrected chi connectivity index (χ1v) is 7.66. The summed E-state index contributed by atoms with van der Waals surface area (Å²) in [7, 11) is 0. The van der Waals surface area contributed by atoms with Crippen LogP contribution >= 0.6 is 0 Å². The first kappa shape index (κ1) is 14.2. The zero-order valence-electron chi connectivity index (χ0n) is 12.9. The molecule has 0 atom stereocenters. The Morgan fingerprint density at radius 1 is 0.875 bits per heavy atom. The van der Waals surface area contributed by atoms with E-state index in [1.165, 1.54) is 0 Å². The van der Waals surface area contributed by atoms with Gasteiger partial charge >= 0.3 is 0 Å². The van der Waals surface area contributed by atoms with Crippen LogP contribution in [-0.2, 0) is 0 Å². The monoisotopic (exact) mass is 313 g/mol. The van der Waals surface area contributed by atoms with Crippen LogP contribution in [0.5, 0.6) is 0 Å². The van der Waals surface area contributed by atoms with Crippen molar-refractivity contribution in [3.63, 3.8) is 0 Å². The fourth-order valence-electron chi connectivity index (χ4n) is 2.87. The smallest absolute Gasteiger partial charge is 0.197 e. The van der Waals surface area contributed by atoms with Crippen LogP contribution in [0.25, 0.3) is 16.7 Å². The normalized spacial score (nSPS) is 10.8. The highest BCUT2D eigenvalue weighted by atomic mass is 16.1. The molecular weight excluding hydrogens is 298 g/mol. The fraction of sp³-hybridized carbons (Fsp3) is 0. The van der Waals surface area contributed by atoms with Crippen molar-refractivity contribution in [3.05, 3.63) is 90.3 Å². The van der Waals surface area contributed by atoms with Gasteiger partial charge in [0.25, 0.3) is 0 Å². The van der Waals surface area contributed by atoms with Gasteiger partial charge in [0.1, 0.15) is 11.8 Å². The molecule has 0 aliphatic heterocycles. The highest BCUT2D eigenvalue weighted by Gasteiger charge is 2.19. The molecular formula is C20H15N3O. The quantitative estimate of drug-likeness (QED) is 0.462. The summed E-state index contributed by atoms with van der Waals surface area (Å²) in [6.07, 6.45) is 1.72. The van der Waals surface area contributed by atoms with E-state index < -0.39 is 0 Å². The number of anilines is 1. The number of ketones is 1. The molecule has 24 heavy (non-hydrogen) atoms. The Bertz CT molecular complexity index is 1020. The summed E-state index contributed by atoms with van der Waals surface area (Å²) in [5, 5.41) is 0. The third-order valence-corrected chi connectivity index (χ3v) is 4.05. The summed E-state index contributed by atoms with van der Waals surface area (Å²) in [6, 6.07) is 22.7. The second-order valence-electron chi connectivity index (χ2n) is 5.54. The maximum Gasteiger partial charge on any atom is 0.197 e. The lowest BCUT2D eigenvalue weighted by Crippen LogP contribution is -2.06. The van der Waals surface area contributed by atoms with E-state index in [0.717, 1.165) is 11.2 Å². The van der Waals surface area contributed by atoms with Gasteiger partial charge in [0.2, 0.25) is 0 Å². The maximum absolute atomic E-state index is 12.9. The first-order chi connectivity index (χ1) is 11.8. The largest absolute Gasteiger partial charge is 0.398 e. The highest BCUT2D eigenvalue weighted by molar-refractivity contribution is 6.18. The van der Waals surface area contributed by atoms with Crippen molar-refractivity contribution in [3.8, 4) is 5.69 Å². The molecule has 4 aromatic rings. The molecule has 0 radical (unpaired) electrons. The third kappa shape index (κ3) is 2.25. The number of benzene rings is 3. The third-order valence-electron chi connectivity index (χ3n) is 4.05. The molecule has 2 N–H and O–H groups in total. The molecule has 0 bridgehead atoms. The minimum Gasteiger partial charge on any atom is -0.398 e. The molecule has 1 heterocycles. The summed E-state index contributed by atoms with van der Waals surface area (Å²) in [4.78, 5) is 17.4. The number of aromatic nitrogens is 2. The second kappa shape index (κ2) is 5.66. The van der Waals surface area contributed by atoms with Crippen molar-refractivity contribution < 1.29 is 4.79 Å². The van der Waals surface area contributed by atoms with Gasteiger partial charge < -0.3 is 5.73 Å². The maximum atomic E-state index is 12.9. The fourth-order valence-corrected chi connectivity index (χ4v) is 2.87. The topological polar surface area (TPSA) is 60.9 Å². The Morgan fingerprint density at radius 3 is 2.25 bits per heavy atom. The number of para-hydroxylation sites is 1. The molecule has 1 aromatic heterocycles. The predicted molar refractivity (Wildman–Crippen MR) is 95.4 cm³/mol. The molecule has 0 saturated heterocycles. The van der Waals surface area contributed by atoms with Gasteiger partial charge in [-0.15, -0.1) is 0 Å². The molecule has 4 rings (SSSR count). The first-order valence-electron chi connectivity index (χ1n) is 7.66. The molecule has 0 fully saturated rings. The van der Waals surface area contributed by atoms with E-state index in [1.807, 2.05) is 59.2 Å². The van der Waals surface area contributed by atoms with Crippen LogP contribution in [0, 0.1) is 0 Å². The number of nitrogens with two attached hydrogens (primary N) is 1. The number of carbonyl (C=O) groups is 1. The van der Waals surface area contributed by atoms with Crippen LogP contribution in [0.1, 0.15) is 15.9 Å². The summed E-state index contributed by atoms with van der Waals surface area (Å²) < 4.78 is 1.95. The number of nitrogen functional groups attached to an aromatic ring is 1. The zero-order valence-corrected chi connectivity index (χ0v) is 12.9. The van der Waals surface area contributed by atoms with Gasteiger partial charge in [-0.25, -0.2) is 4.98 Å². The SMILES string of the molecule is Nc1ccc2c(ncn2-c2ccccc2)c1C(=O)c1ccccc1. The van der Waals surface area contributed by atoms with Gasteiger partial charge in [0.15, 0.2) is 5.78 Å². The molecule has 4 heteroatoms. The summed E-state index contributed by atoms with van der Waals surface area (Å²) >= 11 is 0. The lowest BCUT2D eigenvalue weighted by Gasteiger charge is -2.08. The van der Waals surface area contributed by atoms with Gasteiger partial charge in [0, 0.05) is 16.9 Å². The number of nitrogens with zero attached hydrogens (tertiary/aromatic N) is 2.